The van der Waals surface area contributed by atoms with Gasteiger partial charge in [-0.3, -0.25) is 0 Å². The normalized spacial score (nSPS) is 10.2. The first-order valence-corrected chi connectivity index (χ1v) is 5.44. The fourth-order valence-electron chi connectivity index (χ4n) is 1.53. The number of methoxy groups -OCH3 is 2. The standard InChI is InChI=1S/C13H14N2O3/c1-17-11-5-3-9(4-6-11)13-14-10(8-16)7-12(15-13)18-2/h3-7,16H,8H2,1-2H3. The van der Waals surface area contributed by atoms with Crippen molar-refractivity contribution in [2.45, 2.75) is 6.61 Å². The summed E-state index contributed by atoms with van der Waals surface area (Å²) in [6.07, 6.45) is 0. The SMILES string of the molecule is COc1ccc(-c2nc(CO)cc(OC)n2)cc1. The molecule has 0 aliphatic rings. The van der Waals surface area contributed by atoms with Gasteiger partial charge in [-0.2, -0.15) is 4.98 Å². The second-order valence-electron chi connectivity index (χ2n) is 3.61. The molecule has 0 aliphatic heterocycles. The lowest BCUT2D eigenvalue weighted by atomic mass is 10.2. The summed E-state index contributed by atoms with van der Waals surface area (Å²) in [5.74, 6) is 1.71. The molecule has 94 valence electrons. The Morgan fingerprint density at radius 2 is 1.78 bits per heavy atom. The highest BCUT2D eigenvalue weighted by atomic mass is 16.5. The third-order valence-electron chi connectivity index (χ3n) is 2.48. The molecule has 0 aliphatic carbocycles. The van der Waals surface area contributed by atoms with Crippen LogP contribution in [0.25, 0.3) is 11.4 Å². The average Bonchev–Trinajstić information content (AvgIpc) is 2.46. The van der Waals surface area contributed by atoms with Gasteiger partial charge in [0.25, 0.3) is 0 Å². The van der Waals surface area contributed by atoms with Crippen LogP contribution in [0.15, 0.2) is 30.3 Å². The van der Waals surface area contributed by atoms with Gasteiger partial charge in [0.2, 0.25) is 5.88 Å². The number of aromatic nitrogens is 2. The van der Waals surface area contributed by atoms with Crippen molar-refractivity contribution in [2.24, 2.45) is 0 Å². The van der Waals surface area contributed by atoms with Crippen molar-refractivity contribution in [3.8, 4) is 23.0 Å². The van der Waals surface area contributed by atoms with E-state index in [4.69, 9.17) is 14.6 Å². The van der Waals surface area contributed by atoms with Gasteiger partial charge in [-0.1, -0.05) is 0 Å². The van der Waals surface area contributed by atoms with Crippen molar-refractivity contribution in [3.63, 3.8) is 0 Å². The fourth-order valence-corrected chi connectivity index (χ4v) is 1.53. The van der Waals surface area contributed by atoms with E-state index in [0.717, 1.165) is 11.3 Å². The molecular weight excluding hydrogens is 232 g/mol. The number of benzene rings is 1. The largest absolute Gasteiger partial charge is 0.497 e. The number of hydrogen-bond donors (Lipinski definition) is 1. The zero-order chi connectivity index (χ0) is 13.0. The molecule has 0 atom stereocenters. The van der Waals surface area contributed by atoms with Crippen molar-refractivity contribution < 1.29 is 14.6 Å². The molecule has 2 aromatic rings. The van der Waals surface area contributed by atoms with Gasteiger partial charge >= 0.3 is 0 Å². The lowest BCUT2D eigenvalue weighted by Gasteiger charge is -2.06. The molecule has 0 fully saturated rings. The Morgan fingerprint density at radius 3 is 2.33 bits per heavy atom. The van der Waals surface area contributed by atoms with Crippen LogP contribution in [0.5, 0.6) is 11.6 Å². The van der Waals surface area contributed by atoms with Gasteiger partial charge in [0.1, 0.15) is 5.75 Å². The smallest absolute Gasteiger partial charge is 0.216 e. The van der Waals surface area contributed by atoms with Crippen molar-refractivity contribution in [3.05, 3.63) is 36.0 Å². The second-order valence-corrected chi connectivity index (χ2v) is 3.61. The molecule has 0 bridgehead atoms. The zero-order valence-corrected chi connectivity index (χ0v) is 10.3. The summed E-state index contributed by atoms with van der Waals surface area (Å²) in [7, 11) is 3.14. The Hall–Kier alpha value is -2.14. The number of ether oxygens (including phenoxy) is 2. The molecule has 0 radical (unpaired) electrons. The van der Waals surface area contributed by atoms with Gasteiger partial charge in [-0.25, -0.2) is 4.98 Å². The van der Waals surface area contributed by atoms with E-state index in [-0.39, 0.29) is 6.61 Å². The molecule has 1 N–H and O–H groups in total. The van der Waals surface area contributed by atoms with Crippen LogP contribution in [0.1, 0.15) is 5.69 Å². The summed E-state index contributed by atoms with van der Waals surface area (Å²) < 4.78 is 10.2. The molecule has 2 rings (SSSR count). The third-order valence-corrected chi connectivity index (χ3v) is 2.48. The maximum Gasteiger partial charge on any atom is 0.216 e. The molecule has 0 saturated carbocycles. The minimum Gasteiger partial charge on any atom is -0.497 e. The molecule has 0 spiro atoms. The Bertz CT molecular complexity index is 504. The van der Waals surface area contributed by atoms with E-state index in [1.807, 2.05) is 24.3 Å². The maximum absolute atomic E-state index is 9.15. The first kappa shape index (κ1) is 12.3. The van der Waals surface area contributed by atoms with Gasteiger partial charge < -0.3 is 14.6 Å². The zero-order valence-electron chi connectivity index (χ0n) is 10.3. The Labute approximate surface area is 105 Å². The Kier molecular flexibility index (Phi) is 3.74. The van der Waals surface area contributed by atoms with Crippen LogP contribution in [0, 0.1) is 0 Å². The van der Waals surface area contributed by atoms with Crippen molar-refractivity contribution in [2.75, 3.05) is 14.2 Å². The van der Waals surface area contributed by atoms with Gasteiger partial charge in [0.15, 0.2) is 5.82 Å². The number of rotatable bonds is 4. The van der Waals surface area contributed by atoms with Crippen molar-refractivity contribution in [1.82, 2.24) is 9.97 Å². The molecular formula is C13H14N2O3. The van der Waals surface area contributed by atoms with E-state index >= 15 is 0 Å². The monoisotopic (exact) mass is 246 g/mol. The van der Waals surface area contributed by atoms with E-state index in [9.17, 15) is 0 Å². The van der Waals surface area contributed by atoms with E-state index in [2.05, 4.69) is 9.97 Å². The highest BCUT2D eigenvalue weighted by Crippen LogP contribution is 2.21. The summed E-state index contributed by atoms with van der Waals surface area (Å²) in [6, 6.07) is 8.98. The maximum atomic E-state index is 9.15. The molecule has 0 amide bonds. The number of nitrogens with zero attached hydrogens (tertiary/aromatic N) is 2. The van der Waals surface area contributed by atoms with Gasteiger partial charge in [-0.05, 0) is 24.3 Å². The number of hydrogen-bond acceptors (Lipinski definition) is 5. The van der Waals surface area contributed by atoms with Crippen LogP contribution in [0.2, 0.25) is 0 Å². The molecule has 18 heavy (non-hydrogen) atoms. The van der Waals surface area contributed by atoms with E-state index in [1.54, 1.807) is 13.2 Å². The first-order chi connectivity index (χ1) is 8.76. The topological polar surface area (TPSA) is 64.5 Å². The van der Waals surface area contributed by atoms with Crippen LogP contribution in [-0.4, -0.2) is 29.3 Å². The fraction of sp³-hybridized carbons (Fsp3) is 0.231. The lowest BCUT2D eigenvalue weighted by Crippen LogP contribution is -1.98. The summed E-state index contributed by atoms with van der Waals surface area (Å²) in [4.78, 5) is 8.48. The average molecular weight is 246 g/mol. The number of aliphatic hydroxyl groups excluding tert-OH is 1. The first-order valence-electron chi connectivity index (χ1n) is 5.44. The summed E-state index contributed by atoms with van der Waals surface area (Å²) >= 11 is 0. The Balaban J connectivity index is 2.41. The highest BCUT2D eigenvalue weighted by Gasteiger charge is 2.07. The summed E-state index contributed by atoms with van der Waals surface area (Å²) in [6.45, 7) is -0.151. The van der Waals surface area contributed by atoms with Crippen LogP contribution in [0.4, 0.5) is 0 Å². The van der Waals surface area contributed by atoms with E-state index < -0.39 is 0 Å². The Morgan fingerprint density at radius 1 is 1.06 bits per heavy atom. The summed E-state index contributed by atoms with van der Waals surface area (Å²) in [5, 5.41) is 9.15. The molecule has 5 heteroatoms. The molecule has 0 unspecified atom stereocenters. The molecule has 0 saturated heterocycles. The lowest BCUT2D eigenvalue weighted by molar-refractivity contribution is 0.275. The van der Waals surface area contributed by atoms with Gasteiger partial charge in [0.05, 0.1) is 26.5 Å². The van der Waals surface area contributed by atoms with Crippen molar-refractivity contribution in [1.29, 1.82) is 0 Å². The molecule has 1 aromatic heterocycles. The molecule has 5 nitrogen and oxygen atoms in total. The van der Waals surface area contributed by atoms with Crippen LogP contribution in [-0.2, 0) is 6.61 Å². The number of aliphatic hydroxyl groups is 1. The molecule has 1 aromatic carbocycles. The van der Waals surface area contributed by atoms with Gasteiger partial charge in [0, 0.05) is 11.6 Å². The van der Waals surface area contributed by atoms with Gasteiger partial charge in [-0.15, -0.1) is 0 Å². The van der Waals surface area contributed by atoms with Crippen LogP contribution >= 0.6 is 0 Å². The van der Waals surface area contributed by atoms with Crippen molar-refractivity contribution >= 4 is 0 Å². The summed E-state index contributed by atoms with van der Waals surface area (Å²) in [5.41, 5.74) is 1.36. The van der Waals surface area contributed by atoms with E-state index in [0.29, 0.717) is 17.4 Å². The minimum absolute atomic E-state index is 0.151. The predicted octanol–water partition coefficient (Wildman–Crippen LogP) is 1.65. The quantitative estimate of drug-likeness (QED) is 0.888. The van der Waals surface area contributed by atoms with E-state index in [1.165, 1.54) is 7.11 Å². The highest BCUT2D eigenvalue weighted by molar-refractivity contribution is 5.56. The minimum atomic E-state index is -0.151. The second kappa shape index (κ2) is 5.46. The third kappa shape index (κ3) is 2.57. The van der Waals surface area contributed by atoms with Crippen LogP contribution in [0.3, 0.4) is 0 Å². The predicted molar refractivity (Wildman–Crippen MR) is 66.5 cm³/mol. The van der Waals surface area contributed by atoms with Crippen LogP contribution < -0.4 is 9.47 Å². The molecule has 1 heterocycles.